The fourth-order valence-corrected chi connectivity index (χ4v) is 2.83. The van der Waals surface area contributed by atoms with Gasteiger partial charge in [0, 0.05) is 17.2 Å². The second-order valence-electron chi connectivity index (χ2n) is 4.99. The van der Waals surface area contributed by atoms with Gasteiger partial charge in [0.25, 0.3) is 0 Å². The molecule has 0 fully saturated rings. The number of benzene rings is 1. The second kappa shape index (κ2) is 4.00. The predicted octanol–water partition coefficient (Wildman–Crippen LogP) is 2.75. The Kier molecular flexibility index (Phi) is 2.27. The maximum atomic E-state index is 12.2. The molecule has 0 N–H and O–H groups in total. The van der Waals surface area contributed by atoms with Crippen LogP contribution in [-0.4, -0.2) is 6.61 Å². The van der Waals surface area contributed by atoms with E-state index in [9.17, 15) is 4.79 Å². The van der Waals surface area contributed by atoms with Crippen molar-refractivity contribution in [3.8, 4) is 11.5 Å². The molecule has 0 amide bonds. The number of hydrogen-bond acceptors (Lipinski definition) is 4. The molecule has 4 nitrogen and oxygen atoms in total. The van der Waals surface area contributed by atoms with Crippen molar-refractivity contribution in [1.82, 2.24) is 0 Å². The quantitative estimate of drug-likeness (QED) is 0.737. The third-order valence-corrected chi connectivity index (χ3v) is 3.69. The van der Waals surface area contributed by atoms with Gasteiger partial charge in [-0.05, 0) is 13.0 Å². The molecule has 2 aliphatic rings. The topological polar surface area (TPSA) is 48.7 Å². The Morgan fingerprint density at radius 2 is 2.05 bits per heavy atom. The van der Waals surface area contributed by atoms with E-state index in [1.165, 1.54) is 0 Å². The minimum absolute atomic E-state index is 0.138. The Bertz CT molecular complexity index is 785. The summed E-state index contributed by atoms with van der Waals surface area (Å²) < 4.78 is 16.5. The highest BCUT2D eigenvalue weighted by Gasteiger charge is 2.35. The number of aryl methyl sites for hydroxylation is 1. The van der Waals surface area contributed by atoms with E-state index in [1.54, 1.807) is 19.3 Å². The molecule has 0 radical (unpaired) electrons. The van der Waals surface area contributed by atoms with E-state index in [1.807, 2.05) is 24.3 Å². The van der Waals surface area contributed by atoms with Gasteiger partial charge in [-0.2, -0.15) is 0 Å². The van der Waals surface area contributed by atoms with E-state index >= 15 is 0 Å². The summed E-state index contributed by atoms with van der Waals surface area (Å²) in [5.74, 6) is 1.79. The molecule has 0 saturated carbocycles. The molecule has 4 rings (SSSR count). The second-order valence-corrected chi connectivity index (χ2v) is 4.99. The van der Waals surface area contributed by atoms with Gasteiger partial charge in [-0.25, -0.2) is 4.79 Å². The maximum Gasteiger partial charge on any atom is 0.343 e. The largest absolute Gasteiger partial charge is 0.489 e. The highest BCUT2D eigenvalue weighted by molar-refractivity contribution is 5.55. The summed E-state index contributed by atoms with van der Waals surface area (Å²) in [7, 11) is 0. The van der Waals surface area contributed by atoms with Crippen molar-refractivity contribution in [3.63, 3.8) is 0 Å². The molecule has 20 heavy (non-hydrogen) atoms. The van der Waals surface area contributed by atoms with Gasteiger partial charge in [0.2, 0.25) is 0 Å². The summed E-state index contributed by atoms with van der Waals surface area (Å²) in [6, 6.07) is 9.50. The lowest BCUT2D eigenvalue weighted by Gasteiger charge is -2.31. The third kappa shape index (κ3) is 1.51. The van der Waals surface area contributed by atoms with Crippen LogP contribution in [0, 0.1) is 6.92 Å². The highest BCUT2D eigenvalue weighted by atomic mass is 16.5. The third-order valence-electron chi connectivity index (χ3n) is 3.69. The van der Waals surface area contributed by atoms with Crippen LogP contribution >= 0.6 is 0 Å². The summed E-state index contributed by atoms with van der Waals surface area (Å²) >= 11 is 0. The number of ether oxygens (including phenoxy) is 2. The Morgan fingerprint density at radius 1 is 1.20 bits per heavy atom. The summed E-state index contributed by atoms with van der Waals surface area (Å²) in [6.45, 7) is 2.16. The molecule has 4 heteroatoms. The monoisotopic (exact) mass is 268 g/mol. The van der Waals surface area contributed by atoms with Crippen molar-refractivity contribution in [2.24, 2.45) is 0 Å². The van der Waals surface area contributed by atoms with E-state index < -0.39 is 0 Å². The van der Waals surface area contributed by atoms with E-state index in [0.717, 1.165) is 16.9 Å². The molecule has 0 spiro atoms. The lowest BCUT2D eigenvalue weighted by Crippen LogP contribution is -2.27. The molecule has 1 aromatic heterocycles. The van der Waals surface area contributed by atoms with Gasteiger partial charge in [0.15, 0.2) is 0 Å². The van der Waals surface area contributed by atoms with Crippen LogP contribution in [0.3, 0.4) is 0 Å². The predicted molar refractivity (Wildman–Crippen MR) is 72.2 cm³/mol. The molecular weight excluding hydrogens is 256 g/mol. The Balaban J connectivity index is 2.00. The molecule has 100 valence electrons. The van der Waals surface area contributed by atoms with Gasteiger partial charge in [-0.15, -0.1) is 0 Å². The summed E-state index contributed by atoms with van der Waals surface area (Å²) in [5, 5.41) is 0. The minimum atomic E-state index is -0.340. The number of rotatable bonds is 0. The average Bonchev–Trinajstić information content (AvgIpc) is 2.46. The lowest BCUT2D eigenvalue weighted by atomic mass is 9.83. The van der Waals surface area contributed by atoms with E-state index in [0.29, 0.717) is 23.7 Å². The summed E-state index contributed by atoms with van der Waals surface area (Å²) in [6.07, 6.45) is 1.68. The normalized spacial score (nSPS) is 18.9. The maximum absolute atomic E-state index is 12.2. The molecule has 2 aliphatic heterocycles. The smallest absolute Gasteiger partial charge is 0.343 e. The van der Waals surface area contributed by atoms with Crippen LogP contribution in [0.1, 0.15) is 22.8 Å². The molecule has 2 aromatic rings. The van der Waals surface area contributed by atoms with Crippen LogP contribution in [0.2, 0.25) is 0 Å². The van der Waals surface area contributed by atoms with Crippen LogP contribution < -0.4 is 15.1 Å². The van der Waals surface area contributed by atoms with Gasteiger partial charge in [0.05, 0.1) is 17.7 Å². The first-order valence-electron chi connectivity index (χ1n) is 6.46. The van der Waals surface area contributed by atoms with Crippen molar-refractivity contribution in [2.45, 2.75) is 12.8 Å². The zero-order valence-electron chi connectivity index (χ0n) is 10.9. The van der Waals surface area contributed by atoms with Gasteiger partial charge in [0.1, 0.15) is 23.9 Å². The first kappa shape index (κ1) is 11.3. The van der Waals surface area contributed by atoms with Gasteiger partial charge in [-0.3, -0.25) is 0 Å². The van der Waals surface area contributed by atoms with Crippen molar-refractivity contribution in [2.75, 3.05) is 6.61 Å². The molecule has 0 saturated heterocycles. The first-order chi connectivity index (χ1) is 9.74. The molecule has 0 aliphatic carbocycles. The number of fused-ring (bicyclic) bond motifs is 5. The van der Waals surface area contributed by atoms with Crippen molar-refractivity contribution in [1.29, 1.82) is 0 Å². The Morgan fingerprint density at radius 3 is 2.95 bits per heavy atom. The fourth-order valence-electron chi connectivity index (χ4n) is 2.83. The zero-order chi connectivity index (χ0) is 13.7. The molecule has 1 aromatic carbocycles. The Hall–Kier alpha value is -2.49. The van der Waals surface area contributed by atoms with Crippen LogP contribution in [0.25, 0.3) is 0 Å². The number of hydrogen-bond donors (Lipinski definition) is 0. The highest BCUT2D eigenvalue weighted by Crippen LogP contribution is 2.45. The SMILES string of the molecule is Cc1cc2c(c(=O)o1)C1C(=CO2)COc2ccccc21. The summed E-state index contributed by atoms with van der Waals surface area (Å²) in [5.41, 5.74) is 2.13. The van der Waals surface area contributed by atoms with Crippen molar-refractivity contribution in [3.05, 3.63) is 69.5 Å². The van der Waals surface area contributed by atoms with E-state index in [2.05, 4.69) is 0 Å². The molecule has 0 bridgehead atoms. The van der Waals surface area contributed by atoms with Crippen LogP contribution in [0.4, 0.5) is 0 Å². The molecule has 1 unspecified atom stereocenters. The molecule has 3 heterocycles. The van der Waals surface area contributed by atoms with Crippen LogP contribution in [-0.2, 0) is 0 Å². The standard InChI is InChI=1S/C16H12O4/c1-9-6-13-15(16(17)20-9)14-10(8-19-13)7-18-12-5-3-2-4-11(12)14/h2-6,8,14H,7H2,1H3. The van der Waals surface area contributed by atoms with E-state index in [4.69, 9.17) is 13.9 Å². The van der Waals surface area contributed by atoms with Crippen molar-refractivity contribution < 1.29 is 13.9 Å². The fraction of sp³-hybridized carbons (Fsp3) is 0.188. The lowest BCUT2D eigenvalue weighted by molar-refractivity contribution is 0.304. The van der Waals surface area contributed by atoms with E-state index in [-0.39, 0.29) is 11.5 Å². The zero-order valence-corrected chi connectivity index (χ0v) is 10.9. The molecule has 1 atom stereocenters. The Labute approximate surface area is 115 Å². The van der Waals surface area contributed by atoms with Gasteiger partial charge >= 0.3 is 5.63 Å². The van der Waals surface area contributed by atoms with Gasteiger partial charge in [-0.1, -0.05) is 18.2 Å². The van der Waals surface area contributed by atoms with Gasteiger partial charge < -0.3 is 13.9 Å². The minimum Gasteiger partial charge on any atom is -0.489 e. The van der Waals surface area contributed by atoms with Crippen molar-refractivity contribution >= 4 is 0 Å². The van der Waals surface area contributed by atoms with Crippen LogP contribution in [0.15, 0.2) is 51.4 Å². The average molecular weight is 268 g/mol. The first-order valence-corrected chi connectivity index (χ1v) is 6.46. The molecular formula is C16H12O4. The summed E-state index contributed by atoms with van der Waals surface area (Å²) in [4.78, 5) is 12.2. The number of para-hydroxylation sites is 1. The van der Waals surface area contributed by atoms with Crippen LogP contribution in [0.5, 0.6) is 11.5 Å².